The average molecular weight is 583 g/mol. The van der Waals surface area contributed by atoms with Crippen LogP contribution >= 0.6 is 15.9 Å². The predicted molar refractivity (Wildman–Crippen MR) is 138 cm³/mol. The molecule has 38 heavy (non-hydrogen) atoms. The molecule has 1 heterocycles. The van der Waals surface area contributed by atoms with E-state index in [1.54, 1.807) is 24.3 Å². The summed E-state index contributed by atoms with van der Waals surface area (Å²) in [5.41, 5.74) is 1.09. The standard InChI is InChI=1S/C27H20BrFN2O7/c1-36-22-13-16(12-21(28)23(22)38-14-15-4-3-5-18(29)10-15)11-20-24(32)30-27(35)31(25(20)33)19-8-6-17(7-9-19)26(34)37-2/h3-13H,14H2,1-2H3,(H,30,32,35)/b20-11+. The molecule has 4 amide bonds. The van der Waals surface area contributed by atoms with Crippen molar-refractivity contribution >= 4 is 51.5 Å². The lowest BCUT2D eigenvalue weighted by molar-refractivity contribution is -0.122. The smallest absolute Gasteiger partial charge is 0.337 e. The Labute approximate surface area is 224 Å². The highest BCUT2D eigenvalue weighted by atomic mass is 79.9. The fraction of sp³-hybridized carbons (Fsp3) is 0.111. The second-order valence-electron chi connectivity index (χ2n) is 7.95. The summed E-state index contributed by atoms with van der Waals surface area (Å²) in [5, 5.41) is 2.14. The minimum absolute atomic E-state index is 0.0693. The number of nitrogens with zero attached hydrogens (tertiary/aromatic N) is 1. The third-order valence-electron chi connectivity index (χ3n) is 5.48. The molecule has 0 bridgehead atoms. The van der Waals surface area contributed by atoms with Gasteiger partial charge in [-0.25, -0.2) is 18.9 Å². The first-order chi connectivity index (χ1) is 18.2. The van der Waals surface area contributed by atoms with Crippen LogP contribution in [0, 0.1) is 5.82 Å². The number of hydrogen-bond acceptors (Lipinski definition) is 7. The van der Waals surface area contributed by atoms with Crippen molar-refractivity contribution in [3.05, 3.63) is 93.2 Å². The van der Waals surface area contributed by atoms with Crippen LogP contribution < -0.4 is 19.7 Å². The van der Waals surface area contributed by atoms with E-state index in [1.807, 2.05) is 0 Å². The Morgan fingerprint density at radius 2 is 1.79 bits per heavy atom. The number of methoxy groups -OCH3 is 2. The lowest BCUT2D eigenvalue weighted by atomic mass is 10.1. The maximum Gasteiger partial charge on any atom is 0.337 e. The number of ether oxygens (including phenoxy) is 3. The van der Waals surface area contributed by atoms with Gasteiger partial charge in [0.1, 0.15) is 18.0 Å². The first-order valence-corrected chi connectivity index (χ1v) is 11.9. The molecule has 0 unspecified atom stereocenters. The van der Waals surface area contributed by atoms with Crippen LogP contribution in [0.25, 0.3) is 6.08 Å². The second-order valence-corrected chi connectivity index (χ2v) is 8.80. The average Bonchev–Trinajstić information content (AvgIpc) is 2.90. The normalized spacial score (nSPS) is 14.4. The van der Waals surface area contributed by atoms with Gasteiger partial charge in [0.2, 0.25) is 0 Å². The van der Waals surface area contributed by atoms with Crippen LogP contribution in [-0.4, -0.2) is 38.0 Å². The number of rotatable bonds is 7. The minimum atomic E-state index is -0.928. The third-order valence-corrected chi connectivity index (χ3v) is 6.07. The molecule has 0 aromatic heterocycles. The number of nitrogens with one attached hydrogen (secondary N) is 1. The molecular formula is C27H20BrFN2O7. The first kappa shape index (κ1) is 26.6. The van der Waals surface area contributed by atoms with Crippen molar-refractivity contribution < 1.29 is 37.8 Å². The molecule has 0 radical (unpaired) electrons. The number of barbiturate groups is 1. The van der Waals surface area contributed by atoms with Crippen molar-refractivity contribution in [1.82, 2.24) is 5.32 Å². The monoisotopic (exact) mass is 582 g/mol. The zero-order chi connectivity index (χ0) is 27.4. The molecule has 1 aliphatic heterocycles. The molecule has 9 nitrogen and oxygen atoms in total. The van der Waals surface area contributed by atoms with E-state index >= 15 is 0 Å². The number of benzene rings is 3. The molecule has 11 heteroatoms. The van der Waals surface area contributed by atoms with Gasteiger partial charge in [-0.3, -0.25) is 14.9 Å². The lowest BCUT2D eigenvalue weighted by Crippen LogP contribution is -2.54. The quantitative estimate of drug-likeness (QED) is 0.245. The van der Waals surface area contributed by atoms with Gasteiger partial charge < -0.3 is 14.2 Å². The Morgan fingerprint density at radius 1 is 1.05 bits per heavy atom. The molecule has 1 fully saturated rings. The van der Waals surface area contributed by atoms with Gasteiger partial charge in [-0.1, -0.05) is 12.1 Å². The zero-order valence-corrected chi connectivity index (χ0v) is 21.7. The summed E-state index contributed by atoms with van der Waals surface area (Å²) in [7, 11) is 2.65. The fourth-order valence-corrected chi connectivity index (χ4v) is 4.24. The SMILES string of the molecule is COC(=O)c1ccc(N2C(=O)NC(=O)/C(=C\c3cc(Br)c(OCc4cccc(F)c4)c(OC)c3)C2=O)cc1. The number of halogens is 2. The highest BCUT2D eigenvalue weighted by molar-refractivity contribution is 9.10. The number of hydrogen-bond donors (Lipinski definition) is 1. The first-order valence-electron chi connectivity index (χ1n) is 11.1. The maximum atomic E-state index is 13.5. The van der Waals surface area contributed by atoms with Crippen LogP contribution in [0.3, 0.4) is 0 Å². The van der Waals surface area contributed by atoms with E-state index in [0.29, 0.717) is 21.3 Å². The van der Waals surface area contributed by atoms with Gasteiger partial charge in [0, 0.05) is 0 Å². The molecule has 0 aliphatic carbocycles. The highest BCUT2D eigenvalue weighted by Crippen LogP contribution is 2.38. The third kappa shape index (κ3) is 5.57. The van der Waals surface area contributed by atoms with Gasteiger partial charge in [-0.05, 0) is 81.7 Å². The van der Waals surface area contributed by atoms with E-state index in [9.17, 15) is 23.6 Å². The number of urea groups is 1. The summed E-state index contributed by atoms with van der Waals surface area (Å²) in [5.74, 6) is -2.07. The maximum absolute atomic E-state index is 13.5. The molecule has 194 valence electrons. The van der Waals surface area contributed by atoms with Gasteiger partial charge in [0.15, 0.2) is 11.5 Å². The molecule has 3 aromatic rings. The Hall–Kier alpha value is -4.51. The minimum Gasteiger partial charge on any atom is -0.493 e. The summed E-state index contributed by atoms with van der Waals surface area (Å²) in [6.45, 7) is 0.0693. The van der Waals surface area contributed by atoms with Crippen molar-refractivity contribution in [1.29, 1.82) is 0 Å². The second kappa shape index (κ2) is 11.3. The van der Waals surface area contributed by atoms with E-state index < -0.39 is 23.8 Å². The number of anilines is 1. The van der Waals surface area contributed by atoms with Crippen LogP contribution in [-0.2, 0) is 20.9 Å². The summed E-state index contributed by atoms with van der Waals surface area (Å²) < 4.78 is 29.8. The number of amides is 4. The summed E-state index contributed by atoms with van der Waals surface area (Å²) in [6, 6.07) is 13.8. The van der Waals surface area contributed by atoms with Crippen LogP contribution in [0.4, 0.5) is 14.9 Å². The van der Waals surface area contributed by atoms with Crippen molar-refractivity contribution in [3.8, 4) is 11.5 Å². The Balaban J connectivity index is 1.62. The molecular weight excluding hydrogens is 563 g/mol. The lowest BCUT2D eigenvalue weighted by Gasteiger charge is -2.26. The van der Waals surface area contributed by atoms with Gasteiger partial charge in [-0.15, -0.1) is 0 Å². The summed E-state index contributed by atoms with van der Waals surface area (Å²) in [4.78, 5) is 50.7. The van der Waals surface area contributed by atoms with Crippen LogP contribution in [0.15, 0.2) is 70.7 Å². The number of carbonyl (C=O) groups is 4. The predicted octanol–water partition coefficient (Wildman–Crippen LogP) is 4.63. The van der Waals surface area contributed by atoms with Crippen molar-refractivity contribution in [2.24, 2.45) is 0 Å². The van der Waals surface area contributed by atoms with Crippen molar-refractivity contribution in [2.75, 3.05) is 19.1 Å². The summed E-state index contributed by atoms with van der Waals surface area (Å²) in [6.07, 6.45) is 1.31. The van der Waals surface area contributed by atoms with Gasteiger partial charge in [-0.2, -0.15) is 0 Å². The molecule has 3 aromatic carbocycles. The van der Waals surface area contributed by atoms with Gasteiger partial charge in [0.25, 0.3) is 11.8 Å². The van der Waals surface area contributed by atoms with Crippen LogP contribution in [0.2, 0.25) is 0 Å². The highest BCUT2D eigenvalue weighted by Gasteiger charge is 2.37. The molecule has 4 rings (SSSR count). The largest absolute Gasteiger partial charge is 0.493 e. The molecule has 1 saturated heterocycles. The van der Waals surface area contributed by atoms with Crippen molar-refractivity contribution in [2.45, 2.75) is 6.61 Å². The number of carbonyl (C=O) groups excluding carboxylic acids is 4. The molecule has 0 saturated carbocycles. The van der Waals surface area contributed by atoms with E-state index in [1.165, 1.54) is 56.7 Å². The zero-order valence-electron chi connectivity index (χ0n) is 20.1. The van der Waals surface area contributed by atoms with Crippen LogP contribution in [0.5, 0.6) is 11.5 Å². The topological polar surface area (TPSA) is 111 Å². The van der Waals surface area contributed by atoms with E-state index in [-0.39, 0.29) is 35.0 Å². The Bertz CT molecular complexity index is 1470. The van der Waals surface area contributed by atoms with E-state index in [4.69, 9.17) is 9.47 Å². The van der Waals surface area contributed by atoms with E-state index in [0.717, 1.165) is 4.90 Å². The van der Waals surface area contributed by atoms with Gasteiger partial charge >= 0.3 is 12.0 Å². The number of esters is 1. The molecule has 0 atom stereocenters. The molecule has 0 spiro atoms. The Kier molecular flexibility index (Phi) is 7.87. The summed E-state index contributed by atoms with van der Waals surface area (Å²) >= 11 is 3.41. The van der Waals surface area contributed by atoms with Crippen molar-refractivity contribution in [3.63, 3.8) is 0 Å². The fourth-order valence-electron chi connectivity index (χ4n) is 3.67. The van der Waals surface area contributed by atoms with Gasteiger partial charge in [0.05, 0.1) is 29.9 Å². The van der Waals surface area contributed by atoms with Crippen LogP contribution in [0.1, 0.15) is 21.5 Å². The molecule has 1 N–H and O–H groups in total. The molecule has 1 aliphatic rings. The van der Waals surface area contributed by atoms with E-state index in [2.05, 4.69) is 26.0 Å². The Morgan fingerprint density at radius 3 is 2.45 bits per heavy atom. The number of imide groups is 2.